The molecule has 0 unspecified atom stereocenters. The summed E-state index contributed by atoms with van der Waals surface area (Å²) in [6.45, 7) is 2.80. The van der Waals surface area contributed by atoms with Crippen LogP contribution in [0.25, 0.3) is 11.2 Å². The van der Waals surface area contributed by atoms with Crippen LogP contribution in [0.2, 0.25) is 10.0 Å². The molecule has 1 N–H and O–H groups in total. The average Bonchev–Trinajstić information content (AvgIpc) is 3.13. The van der Waals surface area contributed by atoms with E-state index in [4.69, 9.17) is 27.9 Å². The number of esters is 1. The van der Waals surface area contributed by atoms with Crippen molar-refractivity contribution in [3.63, 3.8) is 0 Å². The predicted molar refractivity (Wildman–Crippen MR) is 119 cm³/mol. The molecule has 0 saturated heterocycles. The summed E-state index contributed by atoms with van der Waals surface area (Å²) in [5.74, 6) is -1.27. The Morgan fingerprint density at radius 1 is 1.16 bits per heavy atom. The van der Waals surface area contributed by atoms with Crippen LogP contribution >= 0.6 is 23.2 Å². The molecule has 0 spiro atoms. The van der Waals surface area contributed by atoms with E-state index in [0.29, 0.717) is 15.6 Å². The smallest absolute Gasteiger partial charge is 0.332 e. The van der Waals surface area contributed by atoms with E-state index in [1.54, 1.807) is 25.1 Å². The average molecular weight is 482 g/mol. The zero-order chi connectivity index (χ0) is 23.7. The number of imidazole rings is 1. The van der Waals surface area contributed by atoms with E-state index in [-0.39, 0.29) is 17.7 Å². The highest BCUT2D eigenvalue weighted by atomic mass is 35.5. The molecule has 0 aliphatic heterocycles. The van der Waals surface area contributed by atoms with Gasteiger partial charge in [0.15, 0.2) is 17.3 Å². The van der Waals surface area contributed by atoms with E-state index in [9.17, 15) is 19.2 Å². The number of ether oxygens (including phenoxy) is 1. The van der Waals surface area contributed by atoms with Gasteiger partial charge in [0.2, 0.25) is 0 Å². The van der Waals surface area contributed by atoms with Gasteiger partial charge in [-0.2, -0.15) is 0 Å². The van der Waals surface area contributed by atoms with Gasteiger partial charge in [-0.3, -0.25) is 23.5 Å². The maximum absolute atomic E-state index is 12.5. The second-order valence-corrected chi connectivity index (χ2v) is 8.12. The number of carbonyl (C=O) groups excluding carboxylic acids is 2. The van der Waals surface area contributed by atoms with Gasteiger partial charge < -0.3 is 14.6 Å². The van der Waals surface area contributed by atoms with Crippen LogP contribution in [0, 0.1) is 0 Å². The Labute approximate surface area is 192 Å². The molecule has 170 valence electrons. The lowest BCUT2D eigenvalue weighted by atomic mass is 10.1. The van der Waals surface area contributed by atoms with Crippen LogP contribution in [-0.2, 0) is 35.0 Å². The zero-order valence-electron chi connectivity index (χ0n) is 17.8. The molecule has 10 nitrogen and oxygen atoms in total. The summed E-state index contributed by atoms with van der Waals surface area (Å²) in [5.41, 5.74) is -0.238. The van der Waals surface area contributed by atoms with E-state index in [0.717, 1.165) is 4.57 Å². The number of amides is 1. The predicted octanol–water partition coefficient (Wildman–Crippen LogP) is 1.55. The minimum Gasteiger partial charge on any atom is -0.451 e. The first kappa shape index (κ1) is 23.6. The highest BCUT2D eigenvalue weighted by molar-refractivity contribution is 6.35. The Morgan fingerprint density at radius 2 is 1.84 bits per heavy atom. The third kappa shape index (κ3) is 4.56. The lowest BCUT2D eigenvalue weighted by Gasteiger charge is -2.19. The molecule has 0 radical (unpaired) electrons. The van der Waals surface area contributed by atoms with E-state index in [1.807, 2.05) is 0 Å². The van der Waals surface area contributed by atoms with Crippen molar-refractivity contribution in [2.24, 2.45) is 14.1 Å². The molecule has 0 aliphatic rings. The number of rotatable bonds is 6. The van der Waals surface area contributed by atoms with Gasteiger partial charge in [-0.1, -0.05) is 29.3 Å². The van der Waals surface area contributed by atoms with Crippen molar-refractivity contribution >= 4 is 46.2 Å². The van der Waals surface area contributed by atoms with Gasteiger partial charge in [-0.25, -0.2) is 9.78 Å². The van der Waals surface area contributed by atoms with E-state index >= 15 is 0 Å². The molecule has 3 rings (SSSR count). The molecular formula is C20H21Cl2N5O5. The Kier molecular flexibility index (Phi) is 6.75. The lowest BCUT2D eigenvalue weighted by molar-refractivity contribution is -0.155. The third-order valence-corrected chi connectivity index (χ3v) is 5.54. The summed E-state index contributed by atoms with van der Waals surface area (Å²) in [6.07, 6.45) is 0.167. The SMILES string of the molecule is C[C@H](NC(=O)[C@@H](C)OC(=O)Cn1cnc2c1c(=O)n(C)c(=O)n2C)c1ccc(Cl)cc1Cl. The summed E-state index contributed by atoms with van der Waals surface area (Å²) in [6, 6.07) is 4.48. The summed E-state index contributed by atoms with van der Waals surface area (Å²) in [7, 11) is 2.81. The van der Waals surface area contributed by atoms with Crippen LogP contribution < -0.4 is 16.6 Å². The molecule has 1 amide bonds. The molecule has 0 aliphatic carbocycles. The summed E-state index contributed by atoms with van der Waals surface area (Å²) < 4.78 is 8.62. The number of aryl methyl sites for hydroxylation is 1. The number of fused-ring (bicyclic) bond motifs is 1. The maximum atomic E-state index is 12.5. The van der Waals surface area contributed by atoms with Crippen molar-refractivity contribution < 1.29 is 14.3 Å². The Bertz CT molecular complexity index is 1330. The third-order valence-electron chi connectivity index (χ3n) is 4.98. The van der Waals surface area contributed by atoms with Crippen LogP contribution in [0.3, 0.4) is 0 Å². The van der Waals surface area contributed by atoms with Crippen LogP contribution in [0.1, 0.15) is 25.5 Å². The number of nitrogens with one attached hydrogen (secondary N) is 1. The molecule has 0 bridgehead atoms. The second kappa shape index (κ2) is 9.17. The van der Waals surface area contributed by atoms with Crippen molar-refractivity contribution in [2.75, 3.05) is 0 Å². The van der Waals surface area contributed by atoms with Gasteiger partial charge in [0.25, 0.3) is 11.5 Å². The molecule has 12 heteroatoms. The first-order valence-corrected chi connectivity index (χ1v) is 10.3. The summed E-state index contributed by atoms with van der Waals surface area (Å²) in [5, 5.41) is 3.60. The fourth-order valence-electron chi connectivity index (χ4n) is 3.21. The zero-order valence-corrected chi connectivity index (χ0v) is 19.3. The highest BCUT2D eigenvalue weighted by Crippen LogP contribution is 2.26. The molecule has 2 heterocycles. The van der Waals surface area contributed by atoms with Gasteiger partial charge in [0.1, 0.15) is 6.54 Å². The lowest BCUT2D eigenvalue weighted by Crippen LogP contribution is -2.39. The van der Waals surface area contributed by atoms with Crippen molar-refractivity contribution in [3.05, 3.63) is 61.0 Å². The fourth-order valence-corrected chi connectivity index (χ4v) is 3.78. The molecule has 1 aromatic carbocycles. The second-order valence-electron chi connectivity index (χ2n) is 7.28. The van der Waals surface area contributed by atoms with E-state index in [1.165, 1.54) is 36.5 Å². The molecule has 2 atom stereocenters. The first-order chi connectivity index (χ1) is 15.0. The van der Waals surface area contributed by atoms with Crippen molar-refractivity contribution in [3.8, 4) is 0 Å². The van der Waals surface area contributed by atoms with Crippen LogP contribution in [-0.4, -0.2) is 36.7 Å². The van der Waals surface area contributed by atoms with Crippen LogP contribution in [0.15, 0.2) is 34.1 Å². The van der Waals surface area contributed by atoms with Gasteiger partial charge in [0.05, 0.1) is 12.4 Å². The van der Waals surface area contributed by atoms with Crippen LogP contribution in [0.4, 0.5) is 0 Å². The van der Waals surface area contributed by atoms with Gasteiger partial charge in [-0.05, 0) is 31.5 Å². The van der Waals surface area contributed by atoms with Gasteiger partial charge in [-0.15, -0.1) is 0 Å². The normalized spacial score (nSPS) is 13.1. The number of aromatic nitrogens is 4. The van der Waals surface area contributed by atoms with Gasteiger partial charge in [0, 0.05) is 24.1 Å². The Hall–Kier alpha value is -3.11. The topological polar surface area (TPSA) is 117 Å². The summed E-state index contributed by atoms with van der Waals surface area (Å²) in [4.78, 5) is 53.4. The minimum atomic E-state index is -1.10. The number of nitrogens with zero attached hydrogens (tertiary/aromatic N) is 4. The van der Waals surface area contributed by atoms with Crippen molar-refractivity contribution in [1.29, 1.82) is 0 Å². The number of halogens is 2. The standard InChI is InChI=1S/C20H21Cl2N5O5/c1-10(13-6-5-12(21)7-14(13)22)24-18(29)11(2)32-15(28)8-27-9-23-17-16(27)19(30)26(4)20(31)25(17)3/h5-7,9-11H,8H2,1-4H3,(H,24,29)/t10-,11+/m0/s1. The maximum Gasteiger partial charge on any atom is 0.332 e. The molecule has 0 fully saturated rings. The molecule has 2 aromatic heterocycles. The quantitative estimate of drug-likeness (QED) is 0.533. The van der Waals surface area contributed by atoms with E-state index in [2.05, 4.69) is 10.3 Å². The number of carbonyl (C=O) groups is 2. The first-order valence-electron chi connectivity index (χ1n) is 9.57. The number of benzene rings is 1. The highest BCUT2D eigenvalue weighted by Gasteiger charge is 2.22. The Morgan fingerprint density at radius 3 is 2.50 bits per heavy atom. The molecule has 3 aromatic rings. The monoisotopic (exact) mass is 481 g/mol. The molecular weight excluding hydrogens is 461 g/mol. The largest absolute Gasteiger partial charge is 0.451 e. The summed E-state index contributed by atoms with van der Waals surface area (Å²) >= 11 is 12.1. The minimum absolute atomic E-state index is 0.0784. The van der Waals surface area contributed by atoms with Crippen LogP contribution in [0.5, 0.6) is 0 Å². The van der Waals surface area contributed by atoms with Gasteiger partial charge >= 0.3 is 11.7 Å². The Balaban J connectivity index is 1.69. The molecule has 32 heavy (non-hydrogen) atoms. The van der Waals surface area contributed by atoms with E-state index < -0.39 is 35.3 Å². The fraction of sp³-hybridized carbons (Fsp3) is 0.350. The van der Waals surface area contributed by atoms with Crippen molar-refractivity contribution in [1.82, 2.24) is 24.0 Å². The van der Waals surface area contributed by atoms with Crippen molar-refractivity contribution in [2.45, 2.75) is 32.5 Å². The number of hydrogen-bond acceptors (Lipinski definition) is 6. The number of hydrogen-bond donors (Lipinski definition) is 1. The molecule has 0 saturated carbocycles.